The van der Waals surface area contributed by atoms with Gasteiger partial charge in [0, 0.05) is 11.6 Å². The molecule has 1 aliphatic rings. The zero-order valence-electron chi connectivity index (χ0n) is 21.4. The van der Waals surface area contributed by atoms with E-state index in [2.05, 4.69) is 65.6 Å². The molecule has 0 aliphatic carbocycles. The Hall–Kier alpha value is -2.76. The molecule has 0 amide bonds. The van der Waals surface area contributed by atoms with E-state index in [1.807, 2.05) is 54.7 Å². The Bertz CT molecular complexity index is 1160. The van der Waals surface area contributed by atoms with E-state index in [0.29, 0.717) is 25.9 Å². The molecule has 0 radical (unpaired) electrons. The van der Waals surface area contributed by atoms with E-state index in [1.165, 1.54) is 11.1 Å². The molecular formula is C32H31N2NaO2. The molecule has 5 heteroatoms. The number of pyridine rings is 1. The number of benzene rings is 3. The molecule has 1 aliphatic heterocycles. The third-order valence-electron chi connectivity index (χ3n) is 7.87. The molecule has 3 aromatic carbocycles. The summed E-state index contributed by atoms with van der Waals surface area (Å²) in [4.78, 5) is 19.6. The molecule has 0 saturated carbocycles. The predicted molar refractivity (Wildman–Crippen MR) is 140 cm³/mol. The Morgan fingerprint density at radius 2 is 1.30 bits per heavy atom. The van der Waals surface area contributed by atoms with E-state index < -0.39 is 16.8 Å². The number of carboxylic acid groups (broad SMARTS) is 1. The summed E-state index contributed by atoms with van der Waals surface area (Å²) in [6.07, 6.45) is 3.80. The minimum absolute atomic E-state index is 0. The molecule has 0 spiro atoms. The van der Waals surface area contributed by atoms with Crippen LogP contribution in [0.2, 0.25) is 0 Å². The second-order valence-corrected chi connectivity index (χ2v) is 9.68. The number of likely N-dealkylation sites (tertiary alicyclic amines) is 1. The monoisotopic (exact) mass is 498 g/mol. The smallest absolute Gasteiger partial charge is 0.549 e. The average Bonchev–Trinajstić information content (AvgIpc) is 2.96. The molecule has 37 heavy (non-hydrogen) atoms. The van der Waals surface area contributed by atoms with Crippen LogP contribution in [0.15, 0.2) is 115 Å². The van der Waals surface area contributed by atoms with Gasteiger partial charge in [-0.2, -0.15) is 0 Å². The average molecular weight is 499 g/mol. The first kappa shape index (κ1) is 27.3. The molecule has 4 aromatic rings. The van der Waals surface area contributed by atoms with Crippen molar-refractivity contribution in [2.75, 3.05) is 19.6 Å². The Morgan fingerprint density at radius 1 is 0.784 bits per heavy atom. The van der Waals surface area contributed by atoms with Crippen molar-refractivity contribution in [3.8, 4) is 0 Å². The maximum atomic E-state index is 12.3. The van der Waals surface area contributed by atoms with E-state index in [-0.39, 0.29) is 29.6 Å². The maximum Gasteiger partial charge on any atom is 1.00 e. The molecule has 0 bridgehead atoms. The fourth-order valence-electron chi connectivity index (χ4n) is 5.79. The SMILES string of the molecule is O=C([O-])C1(c2ccccc2)CCN(CCC(c2ccccc2)(c2ccccc2)c2ccccn2)CC1.[Na+]. The van der Waals surface area contributed by atoms with Crippen LogP contribution in [-0.4, -0.2) is 35.5 Å². The Kier molecular flexibility index (Phi) is 8.99. The van der Waals surface area contributed by atoms with Crippen LogP contribution in [0.1, 0.15) is 41.6 Å². The summed E-state index contributed by atoms with van der Waals surface area (Å²) in [5, 5.41) is 12.3. The second-order valence-electron chi connectivity index (χ2n) is 9.68. The first-order valence-electron chi connectivity index (χ1n) is 12.7. The molecule has 0 atom stereocenters. The molecule has 1 aromatic heterocycles. The molecule has 2 heterocycles. The van der Waals surface area contributed by atoms with Crippen LogP contribution >= 0.6 is 0 Å². The summed E-state index contributed by atoms with van der Waals surface area (Å²) in [6, 6.07) is 36.9. The third-order valence-corrected chi connectivity index (χ3v) is 7.87. The number of carbonyl (C=O) groups excluding carboxylic acids is 1. The van der Waals surface area contributed by atoms with Gasteiger partial charge >= 0.3 is 29.6 Å². The summed E-state index contributed by atoms with van der Waals surface area (Å²) in [5.74, 6) is -0.968. The summed E-state index contributed by atoms with van der Waals surface area (Å²) in [7, 11) is 0. The summed E-state index contributed by atoms with van der Waals surface area (Å²) in [6.45, 7) is 2.26. The maximum absolute atomic E-state index is 12.3. The first-order valence-corrected chi connectivity index (χ1v) is 12.7. The fourth-order valence-corrected chi connectivity index (χ4v) is 5.79. The van der Waals surface area contributed by atoms with Gasteiger partial charge in [0.2, 0.25) is 0 Å². The van der Waals surface area contributed by atoms with Crippen molar-refractivity contribution in [3.63, 3.8) is 0 Å². The number of carbonyl (C=O) groups is 1. The van der Waals surface area contributed by atoms with Crippen LogP contribution in [0, 0.1) is 0 Å². The quantitative estimate of drug-likeness (QED) is 0.347. The van der Waals surface area contributed by atoms with E-state index in [0.717, 1.165) is 24.2 Å². The Labute approximate surface area is 241 Å². The number of hydrogen-bond acceptors (Lipinski definition) is 4. The normalized spacial score (nSPS) is 15.5. The van der Waals surface area contributed by atoms with Gasteiger partial charge in [-0.1, -0.05) is 97.1 Å². The molecule has 5 rings (SSSR count). The van der Waals surface area contributed by atoms with E-state index in [4.69, 9.17) is 4.98 Å². The standard InChI is InChI=1S/C32H32N2O2.Na/c35-30(36)31(26-12-4-1-5-13-26)19-23-34(24-20-31)25-21-32(27-14-6-2-7-15-27,28-16-8-3-9-17-28)29-18-10-11-22-33-29;/h1-18,22H,19-21,23-25H2,(H,35,36);/q;+1/p-1. The number of aliphatic carboxylic acids is 1. The van der Waals surface area contributed by atoms with Crippen molar-refractivity contribution in [1.29, 1.82) is 0 Å². The number of aromatic nitrogens is 1. The van der Waals surface area contributed by atoms with Gasteiger partial charge in [0.25, 0.3) is 0 Å². The zero-order chi connectivity index (χ0) is 24.8. The summed E-state index contributed by atoms with van der Waals surface area (Å²) >= 11 is 0. The Balaban J connectivity index is 0.00000320. The van der Waals surface area contributed by atoms with Crippen molar-refractivity contribution in [3.05, 3.63) is 138 Å². The molecule has 0 N–H and O–H groups in total. The van der Waals surface area contributed by atoms with E-state index in [1.54, 1.807) is 0 Å². The second kappa shape index (κ2) is 12.2. The zero-order valence-corrected chi connectivity index (χ0v) is 23.4. The molecular weight excluding hydrogens is 467 g/mol. The fraction of sp³-hybridized carbons (Fsp3) is 0.250. The van der Waals surface area contributed by atoms with Gasteiger partial charge in [-0.15, -0.1) is 0 Å². The minimum Gasteiger partial charge on any atom is -0.549 e. The van der Waals surface area contributed by atoms with Crippen molar-refractivity contribution in [2.24, 2.45) is 0 Å². The van der Waals surface area contributed by atoms with Crippen LogP contribution in [0.5, 0.6) is 0 Å². The summed E-state index contributed by atoms with van der Waals surface area (Å²) in [5.41, 5.74) is 2.95. The molecule has 0 unspecified atom stereocenters. The van der Waals surface area contributed by atoms with E-state index in [9.17, 15) is 9.90 Å². The molecule has 182 valence electrons. The molecule has 4 nitrogen and oxygen atoms in total. The van der Waals surface area contributed by atoms with Crippen LogP contribution in [0.4, 0.5) is 0 Å². The third kappa shape index (κ3) is 5.44. The number of nitrogens with zero attached hydrogens (tertiary/aromatic N) is 2. The van der Waals surface area contributed by atoms with Gasteiger partial charge in [0.15, 0.2) is 0 Å². The van der Waals surface area contributed by atoms with Gasteiger partial charge in [0.05, 0.1) is 17.1 Å². The van der Waals surface area contributed by atoms with Gasteiger partial charge in [-0.05, 0) is 67.7 Å². The number of rotatable bonds is 8. The first-order chi connectivity index (χ1) is 17.6. The van der Waals surface area contributed by atoms with Crippen LogP contribution in [0.25, 0.3) is 0 Å². The van der Waals surface area contributed by atoms with Crippen LogP contribution in [0.3, 0.4) is 0 Å². The van der Waals surface area contributed by atoms with Gasteiger partial charge in [0.1, 0.15) is 0 Å². The van der Waals surface area contributed by atoms with Crippen LogP contribution < -0.4 is 34.7 Å². The number of hydrogen-bond donors (Lipinski definition) is 0. The van der Waals surface area contributed by atoms with Crippen molar-refractivity contribution < 1.29 is 39.5 Å². The number of carboxylic acids is 1. The van der Waals surface area contributed by atoms with Crippen molar-refractivity contribution in [2.45, 2.75) is 30.1 Å². The van der Waals surface area contributed by atoms with Gasteiger partial charge < -0.3 is 14.8 Å². The van der Waals surface area contributed by atoms with Gasteiger partial charge in [-0.3, -0.25) is 4.98 Å². The van der Waals surface area contributed by atoms with Crippen molar-refractivity contribution in [1.82, 2.24) is 9.88 Å². The number of piperidine rings is 1. The minimum atomic E-state index is -0.968. The predicted octanol–water partition coefficient (Wildman–Crippen LogP) is 1.59. The van der Waals surface area contributed by atoms with E-state index >= 15 is 0 Å². The van der Waals surface area contributed by atoms with Crippen LogP contribution in [-0.2, 0) is 15.6 Å². The molecule has 1 saturated heterocycles. The van der Waals surface area contributed by atoms with Gasteiger partial charge in [-0.25, -0.2) is 0 Å². The largest absolute Gasteiger partial charge is 1.00 e. The van der Waals surface area contributed by atoms with Crippen molar-refractivity contribution >= 4 is 5.97 Å². The molecule has 1 fully saturated rings. The summed E-state index contributed by atoms with van der Waals surface area (Å²) < 4.78 is 0. The Morgan fingerprint density at radius 3 is 1.78 bits per heavy atom. The topological polar surface area (TPSA) is 56.3 Å².